The van der Waals surface area contributed by atoms with E-state index in [1.807, 2.05) is 0 Å². The molecular formula is C15H21FO6. The van der Waals surface area contributed by atoms with Gasteiger partial charge in [0.05, 0.1) is 6.61 Å². The molecule has 0 aromatic heterocycles. The maximum atomic E-state index is 13.4. The van der Waals surface area contributed by atoms with Gasteiger partial charge in [-0.3, -0.25) is 0 Å². The fourth-order valence-electron chi connectivity index (χ4n) is 1.91. The highest BCUT2D eigenvalue weighted by atomic mass is 19.1. The molecule has 0 saturated heterocycles. The van der Waals surface area contributed by atoms with Crippen LogP contribution in [0.15, 0.2) is 17.9 Å². The summed E-state index contributed by atoms with van der Waals surface area (Å²) < 4.78 is 13.4. The number of rotatable bonds is 6. The van der Waals surface area contributed by atoms with E-state index < -0.39 is 42.6 Å². The second kappa shape index (κ2) is 7.66. The SMILES string of the molecule is Cc1c(F)ccc(C=C(O)[C@H](O)[C@@H](O)[C@H](O)[C@H](O)CO)c1C. The summed E-state index contributed by atoms with van der Waals surface area (Å²) in [6.45, 7) is 2.38. The molecule has 1 aromatic rings. The van der Waals surface area contributed by atoms with E-state index in [9.17, 15) is 29.9 Å². The Morgan fingerprint density at radius 1 is 1.09 bits per heavy atom. The van der Waals surface area contributed by atoms with Crippen LogP contribution >= 0.6 is 0 Å². The predicted molar refractivity (Wildman–Crippen MR) is 77.6 cm³/mol. The third kappa shape index (κ3) is 4.02. The quantitative estimate of drug-likeness (QED) is 0.404. The standard InChI is InChI=1S/C15H21FO6/c1-7-8(2)10(16)4-3-9(7)5-11(18)13(20)15(22)14(21)12(19)6-17/h3-5,12-15,17-22H,6H2,1-2H3/t12-,13+,14-,15-/m1/s1. The Hall–Kier alpha value is -1.51. The largest absolute Gasteiger partial charge is 0.509 e. The van der Waals surface area contributed by atoms with Crippen molar-refractivity contribution in [3.63, 3.8) is 0 Å². The molecule has 4 atom stereocenters. The molecule has 0 aliphatic heterocycles. The minimum Gasteiger partial charge on any atom is -0.509 e. The van der Waals surface area contributed by atoms with Gasteiger partial charge in [0, 0.05) is 0 Å². The smallest absolute Gasteiger partial charge is 0.139 e. The Bertz CT molecular complexity index is 545. The molecule has 6 N–H and O–H groups in total. The van der Waals surface area contributed by atoms with E-state index in [0.717, 1.165) is 6.08 Å². The van der Waals surface area contributed by atoms with Crippen molar-refractivity contribution in [3.05, 3.63) is 40.4 Å². The van der Waals surface area contributed by atoms with E-state index in [1.165, 1.54) is 12.1 Å². The van der Waals surface area contributed by atoms with Gasteiger partial charge in [0.15, 0.2) is 0 Å². The third-order valence-electron chi connectivity index (χ3n) is 3.62. The van der Waals surface area contributed by atoms with Gasteiger partial charge in [0.1, 0.15) is 36.0 Å². The van der Waals surface area contributed by atoms with Gasteiger partial charge in [-0.25, -0.2) is 4.39 Å². The molecule has 1 aromatic carbocycles. The van der Waals surface area contributed by atoms with Crippen LogP contribution in [0.25, 0.3) is 6.08 Å². The van der Waals surface area contributed by atoms with Gasteiger partial charge in [-0.05, 0) is 42.7 Å². The first kappa shape index (κ1) is 18.5. The predicted octanol–water partition coefficient (Wildman–Crippen LogP) is -0.223. The molecule has 1 rings (SSSR count). The molecule has 124 valence electrons. The molecule has 7 heteroatoms. The Balaban J connectivity index is 2.99. The molecule has 6 nitrogen and oxygen atoms in total. The van der Waals surface area contributed by atoms with Crippen molar-refractivity contribution in [1.29, 1.82) is 0 Å². The van der Waals surface area contributed by atoms with E-state index in [2.05, 4.69) is 0 Å². The summed E-state index contributed by atoms with van der Waals surface area (Å²) in [6, 6.07) is 2.60. The minimum atomic E-state index is -1.90. The maximum Gasteiger partial charge on any atom is 0.139 e. The van der Waals surface area contributed by atoms with Gasteiger partial charge in [-0.15, -0.1) is 0 Å². The molecule has 0 bridgehead atoms. The van der Waals surface area contributed by atoms with Crippen molar-refractivity contribution in [1.82, 2.24) is 0 Å². The Morgan fingerprint density at radius 2 is 1.68 bits per heavy atom. The second-order valence-electron chi connectivity index (χ2n) is 5.13. The number of hydrogen-bond acceptors (Lipinski definition) is 6. The van der Waals surface area contributed by atoms with Crippen molar-refractivity contribution >= 4 is 6.08 Å². The average Bonchev–Trinajstić information content (AvgIpc) is 2.52. The molecule has 22 heavy (non-hydrogen) atoms. The topological polar surface area (TPSA) is 121 Å². The summed E-state index contributed by atoms with van der Waals surface area (Å²) in [7, 11) is 0. The first-order valence-electron chi connectivity index (χ1n) is 6.70. The molecule has 0 aliphatic rings. The maximum absolute atomic E-state index is 13.4. The van der Waals surface area contributed by atoms with Gasteiger partial charge in [0.2, 0.25) is 0 Å². The van der Waals surface area contributed by atoms with Crippen LogP contribution in [0.4, 0.5) is 4.39 Å². The fourth-order valence-corrected chi connectivity index (χ4v) is 1.91. The summed E-state index contributed by atoms with van der Waals surface area (Å²) in [5.41, 5.74) is 1.36. The van der Waals surface area contributed by atoms with E-state index in [4.69, 9.17) is 5.11 Å². The van der Waals surface area contributed by atoms with Gasteiger partial charge >= 0.3 is 0 Å². The molecule has 0 fully saturated rings. The van der Waals surface area contributed by atoms with Crippen molar-refractivity contribution in [2.24, 2.45) is 0 Å². The lowest BCUT2D eigenvalue weighted by Crippen LogP contribution is -2.46. The zero-order valence-corrected chi connectivity index (χ0v) is 12.3. The first-order chi connectivity index (χ1) is 10.2. The van der Waals surface area contributed by atoms with Crippen LogP contribution in [0, 0.1) is 19.7 Å². The molecule has 0 aliphatic carbocycles. The van der Waals surface area contributed by atoms with Gasteiger partial charge in [-0.1, -0.05) is 6.07 Å². The van der Waals surface area contributed by atoms with Crippen molar-refractivity contribution in [2.75, 3.05) is 6.61 Å². The monoisotopic (exact) mass is 316 g/mol. The highest BCUT2D eigenvalue weighted by Crippen LogP contribution is 2.20. The first-order valence-corrected chi connectivity index (χ1v) is 6.70. The normalized spacial score (nSPS) is 17.9. The van der Waals surface area contributed by atoms with Crippen LogP contribution in [0.1, 0.15) is 16.7 Å². The van der Waals surface area contributed by atoms with Crippen LogP contribution in [0.5, 0.6) is 0 Å². The minimum absolute atomic E-state index is 0.382. The second-order valence-corrected chi connectivity index (χ2v) is 5.13. The summed E-state index contributed by atoms with van der Waals surface area (Å²) >= 11 is 0. The molecule has 0 amide bonds. The highest BCUT2D eigenvalue weighted by Gasteiger charge is 2.32. The zero-order valence-electron chi connectivity index (χ0n) is 12.3. The fraction of sp³-hybridized carbons (Fsp3) is 0.467. The number of hydrogen-bond donors (Lipinski definition) is 6. The highest BCUT2D eigenvalue weighted by molar-refractivity contribution is 5.57. The number of halogens is 1. The number of benzene rings is 1. The van der Waals surface area contributed by atoms with Crippen LogP contribution in [0.2, 0.25) is 0 Å². The molecule has 0 saturated carbocycles. The van der Waals surface area contributed by atoms with Crippen molar-refractivity contribution in [2.45, 2.75) is 38.3 Å². The Labute approximate surface area is 127 Å². The van der Waals surface area contributed by atoms with Crippen molar-refractivity contribution in [3.8, 4) is 0 Å². The summed E-state index contributed by atoms with van der Waals surface area (Å²) in [5.74, 6) is -1.07. The number of aliphatic hydroxyl groups is 6. The summed E-state index contributed by atoms with van der Waals surface area (Å²) in [6.07, 6.45) is -6.15. The van der Waals surface area contributed by atoms with E-state index in [1.54, 1.807) is 13.8 Å². The van der Waals surface area contributed by atoms with Crippen LogP contribution < -0.4 is 0 Å². The zero-order chi connectivity index (χ0) is 17.0. The molecule has 0 heterocycles. The number of aliphatic hydroxyl groups excluding tert-OH is 6. The summed E-state index contributed by atoms with van der Waals surface area (Å²) in [5, 5.41) is 56.7. The van der Waals surface area contributed by atoms with Crippen LogP contribution in [0.3, 0.4) is 0 Å². The van der Waals surface area contributed by atoms with E-state index >= 15 is 0 Å². The van der Waals surface area contributed by atoms with E-state index in [0.29, 0.717) is 16.7 Å². The molecular weight excluding hydrogens is 295 g/mol. The van der Waals surface area contributed by atoms with Gasteiger partial charge in [-0.2, -0.15) is 0 Å². The molecule has 0 unspecified atom stereocenters. The summed E-state index contributed by atoms with van der Waals surface area (Å²) in [4.78, 5) is 0. The Kier molecular flexibility index (Phi) is 6.46. The van der Waals surface area contributed by atoms with Gasteiger partial charge < -0.3 is 30.6 Å². The lowest BCUT2D eigenvalue weighted by Gasteiger charge is -2.25. The van der Waals surface area contributed by atoms with Gasteiger partial charge in [0.25, 0.3) is 0 Å². The third-order valence-corrected chi connectivity index (χ3v) is 3.62. The lowest BCUT2D eigenvalue weighted by molar-refractivity contribution is -0.112. The van der Waals surface area contributed by atoms with Crippen molar-refractivity contribution < 1.29 is 35.0 Å². The van der Waals surface area contributed by atoms with Crippen LogP contribution in [-0.2, 0) is 0 Å². The Morgan fingerprint density at radius 3 is 2.23 bits per heavy atom. The molecule has 0 radical (unpaired) electrons. The lowest BCUT2D eigenvalue weighted by atomic mass is 9.98. The average molecular weight is 316 g/mol. The van der Waals surface area contributed by atoms with E-state index in [-0.39, 0.29) is 0 Å². The molecule has 0 spiro atoms. The van der Waals surface area contributed by atoms with Crippen LogP contribution in [-0.4, -0.2) is 61.7 Å².